The van der Waals surface area contributed by atoms with Crippen LogP contribution in [0.15, 0.2) is 46.9 Å². The van der Waals surface area contributed by atoms with Crippen LogP contribution < -0.4 is 10.2 Å². The van der Waals surface area contributed by atoms with Gasteiger partial charge in [-0.05, 0) is 48.2 Å². The monoisotopic (exact) mass is 414 g/mol. The first-order chi connectivity index (χ1) is 12.5. The molecule has 1 saturated heterocycles. The van der Waals surface area contributed by atoms with Crippen LogP contribution in [0.3, 0.4) is 0 Å². The highest BCUT2D eigenvalue weighted by Crippen LogP contribution is 2.29. The summed E-state index contributed by atoms with van der Waals surface area (Å²) in [5, 5.41) is 3.10. The molecular formula is C21H23BrN2O2. The van der Waals surface area contributed by atoms with E-state index in [-0.39, 0.29) is 24.2 Å². The molecule has 3 rings (SSSR count). The van der Waals surface area contributed by atoms with Crippen molar-refractivity contribution < 1.29 is 9.59 Å². The van der Waals surface area contributed by atoms with Gasteiger partial charge in [-0.1, -0.05) is 48.0 Å². The Bertz CT molecular complexity index is 795. The van der Waals surface area contributed by atoms with Gasteiger partial charge in [0.05, 0.1) is 5.92 Å². The SMILES string of the molecule is CCc1cccc(CC)c1NC(=O)C1CC(=O)N(c2ccc(Br)cc2)C1. The Morgan fingerprint density at radius 3 is 2.31 bits per heavy atom. The van der Waals surface area contributed by atoms with E-state index in [1.807, 2.05) is 42.5 Å². The predicted octanol–water partition coefficient (Wildman–Crippen LogP) is 4.57. The maximum atomic E-state index is 12.8. The van der Waals surface area contributed by atoms with Crippen molar-refractivity contribution in [1.82, 2.24) is 0 Å². The van der Waals surface area contributed by atoms with Crippen LogP contribution in [0.5, 0.6) is 0 Å². The van der Waals surface area contributed by atoms with E-state index < -0.39 is 0 Å². The van der Waals surface area contributed by atoms with Gasteiger partial charge in [0.25, 0.3) is 0 Å². The lowest BCUT2D eigenvalue weighted by molar-refractivity contribution is -0.122. The first-order valence-corrected chi connectivity index (χ1v) is 9.80. The summed E-state index contributed by atoms with van der Waals surface area (Å²) in [5.74, 6) is -0.415. The van der Waals surface area contributed by atoms with E-state index in [2.05, 4.69) is 35.1 Å². The van der Waals surface area contributed by atoms with Crippen molar-refractivity contribution >= 4 is 39.1 Å². The summed E-state index contributed by atoms with van der Waals surface area (Å²) in [6.45, 7) is 4.58. The molecular weight excluding hydrogens is 392 g/mol. The average Bonchev–Trinajstić information content (AvgIpc) is 3.04. The van der Waals surface area contributed by atoms with Crippen LogP contribution in [0.1, 0.15) is 31.4 Å². The first kappa shape index (κ1) is 18.6. The van der Waals surface area contributed by atoms with E-state index >= 15 is 0 Å². The minimum atomic E-state index is -0.333. The van der Waals surface area contributed by atoms with Gasteiger partial charge < -0.3 is 10.2 Å². The lowest BCUT2D eigenvalue weighted by Crippen LogP contribution is -2.28. The molecule has 1 heterocycles. The number of benzene rings is 2. The highest BCUT2D eigenvalue weighted by molar-refractivity contribution is 9.10. The summed E-state index contributed by atoms with van der Waals surface area (Å²) in [6.07, 6.45) is 1.97. The Labute approximate surface area is 162 Å². The molecule has 136 valence electrons. The smallest absolute Gasteiger partial charge is 0.229 e. The fourth-order valence-electron chi connectivity index (χ4n) is 3.38. The van der Waals surface area contributed by atoms with Gasteiger partial charge in [0.2, 0.25) is 11.8 Å². The zero-order chi connectivity index (χ0) is 18.7. The van der Waals surface area contributed by atoms with Crippen LogP contribution in [0, 0.1) is 5.92 Å². The molecule has 0 spiro atoms. The third-order valence-electron chi connectivity index (χ3n) is 4.88. The van der Waals surface area contributed by atoms with Crippen molar-refractivity contribution in [2.24, 2.45) is 5.92 Å². The number of para-hydroxylation sites is 1. The number of anilines is 2. The normalized spacial score (nSPS) is 16.8. The zero-order valence-corrected chi connectivity index (χ0v) is 16.7. The molecule has 1 aliphatic rings. The lowest BCUT2D eigenvalue weighted by Gasteiger charge is -2.18. The van der Waals surface area contributed by atoms with Gasteiger partial charge in [-0.25, -0.2) is 0 Å². The summed E-state index contributed by atoms with van der Waals surface area (Å²) in [6, 6.07) is 13.7. The number of carbonyl (C=O) groups is 2. The molecule has 0 bridgehead atoms. The number of rotatable bonds is 5. The summed E-state index contributed by atoms with van der Waals surface area (Å²) in [5.41, 5.74) is 4.01. The summed E-state index contributed by atoms with van der Waals surface area (Å²) in [7, 11) is 0. The third-order valence-corrected chi connectivity index (χ3v) is 5.41. The molecule has 1 unspecified atom stereocenters. The van der Waals surface area contributed by atoms with Crippen molar-refractivity contribution in [2.75, 3.05) is 16.8 Å². The van der Waals surface area contributed by atoms with Crippen molar-refractivity contribution in [1.29, 1.82) is 0 Å². The second kappa shape index (κ2) is 8.04. The fourth-order valence-corrected chi connectivity index (χ4v) is 3.65. The van der Waals surface area contributed by atoms with Crippen LogP contribution in [-0.4, -0.2) is 18.4 Å². The molecule has 1 aliphatic heterocycles. The molecule has 0 aromatic heterocycles. The Kier molecular flexibility index (Phi) is 5.77. The number of amides is 2. The molecule has 1 N–H and O–H groups in total. The molecule has 0 saturated carbocycles. The second-order valence-electron chi connectivity index (χ2n) is 6.53. The van der Waals surface area contributed by atoms with E-state index in [1.165, 1.54) is 0 Å². The van der Waals surface area contributed by atoms with Crippen LogP contribution in [0.4, 0.5) is 11.4 Å². The van der Waals surface area contributed by atoms with E-state index in [4.69, 9.17) is 0 Å². The molecule has 0 radical (unpaired) electrons. The number of halogens is 1. The second-order valence-corrected chi connectivity index (χ2v) is 7.45. The fraction of sp³-hybridized carbons (Fsp3) is 0.333. The minimum Gasteiger partial charge on any atom is -0.325 e. The highest BCUT2D eigenvalue weighted by Gasteiger charge is 2.35. The standard InChI is InChI=1S/C21H23BrN2O2/c1-3-14-6-5-7-15(4-2)20(14)23-21(26)16-12-19(25)24(13-16)18-10-8-17(22)9-11-18/h5-11,16H,3-4,12-13H2,1-2H3,(H,23,26). The summed E-state index contributed by atoms with van der Waals surface area (Å²) < 4.78 is 0.963. The van der Waals surface area contributed by atoms with Gasteiger partial charge in [0.15, 0.2) is 0 Å². The van der Waals surface area contributed by atoms with Gasteiger partial charge in [-0.3, -0.25) is 9.59 Å². The molecule has 26 heavy (non-hydrogen) atoms. The molecule has 2 amide bonds. The lowest BCUT2D eigenvalue weighted by atomic mass is 10.0. The predicted molar refractivity (Wildman–Crippen MR) is 108 cm³/mol. The molecule has 1 fully saturated rings. The largest absolute Gasteiger partial charge is 0.325 e. The molecule has 0 aliphatic carbocycles. The van der Waals surface area contributed by atoms with E-state index in [9.17, 15) is 9.59 Å². The molecule has 1 atom stereocenters. The Hall–Kier alpha value is -2.14. The number of nitrogens with zero attached hydrogens (tertiary/aromatic N) is 1. The van der Waals surface area contributed by atoms with Crippen molar-refractivity contribution in [3.8, 4) is 0 Å². The Morgan fingerprint density at radius 1 is 1.12 bits per heavy atom. The van der Waals surface area contributed by atoms with Gasteiger partial charge in [0, 0.05) is 28.8 Å². The van der Waals surface area contributed by atoms with Crippen LogP contribution in [0.2, 0.25) is 0 Å². The van der Waals surface area contributed by atoms with Crippen molar-refractivity contribution in [2.45, 2.75) is 33.1 Å². The van der Waals surface area contributed by atoms with Crippen LogP contribution >= 0.6 is 15.9 Å². The van der Waals surface area contributed by atoms with Crippen molar-refractivity contribution in [3.05, 3.63) is 58.1 Å². The number of hydrogen-bond donors (Lipinski definition) is 1. The van der Waals surface area contributed by atoms with E-state index in [0.717, 1.165) is 39.8 Å². The van der Waals surface area contributed by atoms with E-state index in [1.54, 1.807) is 4.90 Å². The van der Waals surface area contributed by atoms with Gasteiger partial charge in [-0.2, -0.15) is 0 Å². The third kappa shape index (κ3) is 3.83. The summed E-state index contributed by atoms with van der Waals surface area (Å²) >= 11 is 3.40. The minimum absolute atomic E-state index is 0.00744. The van der Waals surface area contributed by atoms with Gasteiger partial charge in [-0.15, -0.1) is 0 Å². The molecule has 4 nitrogen and oxygen atoms in total. The maximum absolute atomic E-state index is 12.8. The van der Waals surface area contributed by atoms with Crippen LogP contribution in [-0.2, 0) is 22.4 Å². The average molecular weight is 415 g/mol. The van der Waals surface area contributed by atoms with Gasteiger partial charge >= 0.3 is 0 Å². The Balaban J connectivity index is 1.76. The number of hydrogen-bond acceptors (Lipinski definition) is 2. The topological polar surface area (TPSA) is 49.4 Å². The zero-order valence-electron chi connectivity index (χ0n) is 15.1. The van der Waals surface area contributed by atoms with Crippen LogP contribution in [0.25, 0.3) is 0 Å². The maximum Gasteiger partial charge on any atom is 0.229 e. The molecule has 2 aromatic rings. The number of aryl methyl sites for hydroxylation is 2. The Morgan fingerprint density at radius 2 is 1.73 bits per heavy atom. The first-order valence-electron chi connectivity index (χ1n) is 9.01. The number of nitrogens with one attached hydrogen (secondary N) is 1. The van der Waals surface area contributed by atoms with Gasteiger partial charge in [0.1, 0.15) is 0 Å². The van der Waals surface area contributed by atoms with E-state index in [0.29, 0.717) is 6.54 Å². The quantitative estimate of drug-likeness (QED) is 0.778. The molecule has 2 aromatic carbocycles. The van der Waals surface area contributed by atoms with Crippen molar-refractivity contribution in [3.63, 3.8) is 0 Å². The summed E-state index contributed by atoms with van der Waals surface area (Å²) in [4.78, 5) is 26.9. The molecule has 5 heteroatoms. The highest BCUT2D eigenvalue weighted by atomic mass is 79.9. The number of carbonyl (C=O) groups excluding carboxylic acids is 2.